The van der Waals surface area contributed by atoms with Crippen LogP contribution in [-0.4, -0.2) is 59.3 Å². The van der Waals surface area contributed by atoms with Crippen molar-refractivity contribution in [3.8, 4) is 5.69 Å². The monoisotopic (exact) mass is 506 g/mol. The summed E-state index contributed by atoms with van der Waals surface area (Å²) in [6.45, 7) is 1.18. The Morgan fingerprint density at radius 3 is 2.39 bits per heavy atom. The van der Waals surface area contributed by atoms with Crippen LogP contribution in [0, 0.1) is 11.7 Å². The Kier molecular flexibility index (Phi) is 6.89. The van der Waals surface area contributed by atoms with E-state index >= 15 is 0 Å². The van der Waals surface area contributed by atoms with Crippen LogP contribution < -0.4 is 0 Å². The first-order valence-electron chi connectivity index (χ1n) is 12.6. The number of alkyl halides is 3. The number of fused-ring (bicyclic) bond motifs is 1. The highest BCUT2D eigenvalue weighted by atomic mass is 19.4. The van der Waals surface area contributed by atoms with E-state index in [1.807, 2.05) is 4.90 Å². The van der Waals surface area contributed by atoms with Crippen LogP contribution >= 0.6 is 0 Å². The second-order valence-corrected chi connectivity index (χ2v) is 10.0. The molecule has 1 unspecified atom stereocenters. The second-order valence-electron chi connectivity index (χ2n) is 10.0. The van der Waals surface area contributed by atoms with Crippen molar-refractivity contribution in [2.45, 2.75) is 63.0 Å². The molecule has 2 aliphatic heterocycles. The molecule has 3 aliphatic rings. The number of aromatic nitrogens is 2. The maximum Gasteiger partial charge on any atom is 0.390 e. The molecule has 0 radical (unpaired) electrons. The summed E-state index contributed by atoms with van der Waals surface area (Å²) >= 11 is 0. The van der Waals surface area contributed by atoms with E-state index in [1.165, 1.54) is 19.2 Å². The molecule has 1 saturated heterocycles. The molecule has 36 heavy (non-hydrogen) atoms. The third-order valence-electron chi connectivity index (χ3n) is 7.85. The Balaban J connectivity index is 1.49. The second kappa shape index (κ2) is 9.95. The molecule has 0 bridgehead atoms. The number of nitrogens with zero attached hydrogens (tertiary/aromatic N) is 4. The van der Waals surface area contributed by atoms with E-state index in [0.717, 1.165) is 43.4 Å². The Hall–Kier alpha value is -2.75. The molecule has 5 rings (SSSR count). The van der Waals surface area contributed by atoms with Gasteiger partial charge < -0.3 is 9.64 Å². The standard InChI is InChI=1S/C26H30F4N4O2/c1-36-25(35)21-15-20(16-9-12-33(13-10-16)14-11-26(28,29)30)22-23(17-3-2-4-17)32-34(24(22)31-21)19-7-5-18(27)6-8-19/h5-8,16-17,20H,2-4,9-15H2,1H3. The van der Waals surface area contributed by atoms with Gasteiger partial charge in [0.1, 0.15) is 11.5 Å². The van der Waals surface area contributed by atoms with Crippen LogP contribution in [0.5, 0.6) is 0 Å². The van der Waals surface area contributed by atoms with Crippen LogP contribution in [0.1, 0.15) is 68.0 Å². The van der Waals surface area contributed by atoms with Gasteiger partial charge in [0.05, 0.1) is 24.9 Å². The van der Waals surface area contributed by atoms with Crippen molar-refractivity contribution in [2.75, 3.05) is 26.7 Å². The van der Waals surface area contributed by atoms with Crippen molar-refractivity contribution < 1.29 is 27.1 Å². The van der Waals surface area contributed by atoms with Gasteiger partial charge in [-0.25, -0.2) is 18.9 Å². The minimum Gasteiger partial charge on any atom is -0.465 e. The number of halogens is 4. The summed E-state index contributed by atoms with van der Waals surface area (Å²) in [7, 11) is 1.32. The van der Waals surface area contributed by atoms with Crippen molar-refractivity contribution in [1.29, 1.82) is 0 Å². The number of carbonyl (C=O) groups is 1. The summed E-state index contributed by atoms with van der Waals surface area (Å²) in [5.74, 6) is 0.203. The maximum atomic E-state index is 13.6. The summed E-state index contributed by atoms with van der Waals surface area (Å²) in [6, 6.07) is 6.02. The van der Waals surface area contributed by atoms with Crippen LogP contribution in [0.2, 0.25) is 0 Å². The SMILES string of the molecule is COC(=O)C1=Nc2c(c(C3CCC3)nn2-c2ccc(F)cc2)C(C2CCN(CCC(F)(F)F)CC2)C1. The molecular weight excluding hydrogens is 476 g/mol. The highest BCUT2D eigenvalue weighted by Gasteiger charge is 2.41. The van der Waals surface area contributed by atoms with Gasteiger partial charge in [-0.05, 0) is 74.9 Å². The average Bonchev–Trinajstić information content (AvgIpc) is 3.20. The van der Waals surface area contributed by atoms with E-state index in [4.69, 9.17) is 14.8 Å². The molecule has 1 aromatic heterocycles. The summed E-state index contributed by atoms with van der Waals surface area (Å²) in [5.41, 5.74) is 3.00. The Morgan fingerprint density at radius 2 is 1.81 bits per heavy atom. The number of methoxy groups -OCH3 is 1. The molecule has 2 fully saturated rings. The van der Waals surface area contributed by atoms with Gasteiger partial charge in [0.25, 0.3) is 0 Å². The largest absolute Gasteiger partial charge is 0.465 e. The van der Waals surface area contributed by atoms with Gasteiger partial charge in [0, 0.05) is 24.4 Å². The predicted octanol–water partition coefficient (Wildman–Crippen LogP) is 5.68. The van der Waals surface area contributed by atoms with Gasteiger partial charge in [0.15, 0.2) is 5.82 Å². The number of rotatable bonds is 6. The van der Waals surface area contributed by atoms with E-state index in [2.05, 4.69) is 0 Å². The number of hydrogen-bond donors (Lipinski definition) is 0. The van der Waals surface area contributed by atoms with E-state index in [-0.39, 0.29) is 24.2 Å². The van der Waals surface area contributed by atoms with Gasteiger partial charge in [-0.1, -0.05) is 6.42 Å². The minimum absolute atomic E-state index is 0.0107. The fraction of sp³-hybridized carbons (Fsp3) is 0.577. The van der Waals surface area contributed by atoms with Gasteiger partial charge in [-0.2, -0.15) is 18.3 Å². The summed E-state index contributed by atoms with van der Waals surface area (Å²) in [4.78, 5) is 19.2. The lowest BCUT2D eigenvalue weighted by Crippen LogP contribution is -2.38. The number of aliphatic imine (C=N–C) groups is 1. The Labute approximate surface area is 207 Å². The molecular formula is C26H30F4N4O2. The van der Waals surface area contributed by atoms with Crippen molar-refractivity contribution >= 4 is 17.5 Å². The van der Waals surface area contributed by atoms with Crippen molar-refractivity contribution in [2.24, 2.45) is 10.9 Å². The number of likely N-dealkylation sites (tertiary alicyclic amines) is 1. The van der Waals surface area contributed by atoms with Gasteiger partial charge in [-0.15, -0.1) is 0 Å². The smallest absolute Gasteiger partial charge is 0.390 e. The molecule has 0 N–H and O–H groups in total. The lowest BCUT2D eigenvalue weighted by Gasteiger charge is -2.38. The lowest BCUT2D eigenvalue weighted by molar-refractivity contribution is -0.138. The third kappa shape index (κ3) is 5.05. The van der Waals surface area contributed by atoms with E-state index in [9.17, 15) is 22.4 Å². The zero-order valence-corrected chi connectivity index (χ0v) is 20.2. The lowest BCUT2D eigenvalue weighted by atomic mass is 9.72. The zero-order valence-electron chi connectivity index (χ0n) is 20.2. The topological polar surface area (TPSA) is 59.7 Å². The minimum atomic E-state index is -4.16. The third-order valence-corrected chi connectivity index (χ3v) is 7.85. The normalized spacial score (nSPS) is 21.6. The van der Waals surface area contributed by atoms with E-state index in [1.54, 1.807) is 16.8 Å². The summed E-state index contributed by atoms with van der Waals surface area (Å²) < 4.78 is 58.5. The molecule has 1 aliphatic carbocycles. The fourth-order valence-electron chi connectivity index (χ4n) is 5.64. The molecule has 0 amide bonds. The molecule has 3 heterocycles. The molecule has 0 spiro atoms. The van der Waals surface area contributed by atoms with Gasteiger partial charge >= 0.3 is 12.1 Å². The van der Waals surface area contributed by atoms with Crippen LogP contribution in [-0.2, 0) is 9.53 Å². The van der Waals surface area contributed by atoms with E-state index < -0.39 is 18.6 Å². The van der Waals surface area contributed by atoms with Crippen LogP contribution in [0.25, 0.3) is 5.69 Å². The number of ether oxygens (including phenoxy) is 1. The predicted molar refractivity (Wildman–Crippen MR) is 126 cm³/mol. The van der Waals surface area contributed by atoms with Crippen molar-refractivity contribution in [1.82, 2.24) is 14.7 Å². The molecule has 1 saturated carbocycles. The molecule has 194 valence electrons. The first-order chi connectivity index (χ1) is 17.2. The number of benzene rings is 1. The summed E-state index contributed by atoms with van der Waals surface area (Å²) in [6.07, 6.45) is 0.119. The van der Waals surface area contributed by atoms with Crippen molar-refractivity contribution in [3.63, 3.8) is 0 Å². The molecule has 1 aromatic carbocycles. The number of esters is 1. The van der Waals surface area contributed by atoms with Crippen LogP contribution in [0.3, 0.4) is 0 Å². The summed E-state index contributed by atoms with van der Waals surface area (Å²) in [5, 5.41) is 4.95. The van der Waals surface area contributed by atoms with Gasteiger partial charge in [0.2, 0.25) is 0 Å². The Morgan fingerprint density at radius 1 is 1.11 bits per heavy atom. The molecule has 6 nitrogen and oxygen atoms in total. The average molecular weight is 507 g/mol. The Bertz CT molecular complexity index is 1130. The number of carbonyl (C=O) groups excluding carboxylic acids is 1. The molecule has 2 aromatic rings. The molecule has 10 heteroatoms. The highest BCUT2D eigenvalue weighted by molar-refractivity contribution is 6.37. The maximum absolute atomic E-state index is 13.6. The van der Waals surface area contributed by atoms with E-state index in [0.29, 0.717) is 42.6 Å². The first kappa shape index (κ1) is 24.9. The van der Waals surface area contributed by atoms with Crippen molar-refractivity contribution in [3.05, 3.63) is 41.3 Å². The highest BCUT2D eigenvalue weighted by Crippen LogP contribution is 2.50. The quantitative estimate of drug-likeness (QED) is 0.374. The van der Waals surface area contributed by atoms with Gasteiger partial charge in [-0.3, -0.25) is 0 Å². The van der Waals surface area contributed by atoms with Crippen LogP contribution in [0.15, 0.2) is 29.3 Å². The molecule has 1 atom stereocenters. The first-order valence-corrected chi connectivity index (χ1v) is 12.6. The zero-order chi connectivity index (χ0) is 25.4. The fourth-order valence-corrected chi connectivity index (χ4v) is 5.64. The number of hydrogen-bond acceptors (Lipinski definition) is 5. The number of piperidine rings is 1. The van der Waals surface area contributed by atoms with Crippen LogP contribution in [0.4, 0.5) is 23.4 Å².